The third-order valence-electron chi connectivity index (χ3n) is 4.38. The maximum Gasteiger partial charge on any atom is 0.323 e. The van der Waals surface area contributed by atoms with E-state index in [1.165, 1.54) is 12.7 Å². The summed E-state index contributed by atoms with van der Waals surface area (Å²) >= 11 is 0. The van der Waals surface area contributed by atoms with Crippen molar-refractivity contribution in [2.24, 2.45) is 5.92 Å². The molecule has 100 valence electrons. The monoisotopic (exact) mass is 257 g/mol. The molecule has 19 heavy (non-hydrogen) atoms. The average molecular weight is 257 g/mol. The molecule has 1 aliphatic heterocycles. The summed E-state index contributed by atoms with van der Waals surface area (Å²) < 4.78 is 4.99. The van der Waals surface area contributed by atoms with Crippen LogP contribution in [0.2, 0.25) is 0 Å². The Labute approximate surface area is 113 Å². The van der Waals surface area contributed by atoms with Gasteiger partial charge in [0, 0.05) is 18.0 Å². The number of carbonyl (C=O) groups excluding carboxylic acids is 1. The van der Waals surface area contributed by atoms with E-state index in [9.17, 15) is 4.79 Å². The van der Waals surface area contributed by atoms with E-state index >= 15 is 0 Å². The molecular formula is C16H19NO2. The molecule has 2 bridgehead atoms. The standard InChI is InChI=1S/C16H19NO2/c1-11(12-6-4-3-5-7-12)17-14-9-8-13(10-14)15(17)16(18)19-2/h3-9,11,13-15H,10H2,1-2H3/t11-,13-,14+,15-/m1/s1. The lowest BCUT2D eigenvalue weighted by molar-refractivity contribution is -0.148. The van der Waals surface area contributed by atoms with Crippen LogP contribution in [0.3, 0.4) is 0 Å². The zero-order valence-corrected chi connectivity index (χ0v) is 11.3. The van der Waals surface area contributed by atoms with Crippen LogP contribution in [-0.2, 0) is 9.53 Å². The van der Waals surface area contributed by atoms with Gasteiger partial charge in [-0.25, -0.2) is 0 Å². The lowest BCUT2D eigenvalue weighted by Crippen LogP contribution is -2.45. The minimum absolute atomic E-state index is 0.111. The molecule has 3 heteroatoms. The lowest BCUT2D eigenvalue weighted by atomic mass is 9.99. The van der Waals surface area contributed by atoms with E-state index in [0.29, 0.717) is 12.0 Å². The summed E-state index contributed by atoms with van der Waals surface area (Å²) in [6.45, 7) is 2.17. The number of methoxy groups -OCH3 is 1. The smallest absolute Gasteiger partial charge is 0.323 e. The molecule has 1 saturated heterocycles. The SMILES string of the molecule is COC(=O)[C@H]1[C@@H]2C=C[C@@H](C2)N1[C@H](C)c1ccccc1. The third kappa shape index (κ3) is 1.98. The second-order valence-electron chi connectivity index (χ2n) is 5.35. The highest BCUT2D eigenvalue weighted by molar-refractivity contribution is 5.77. The van der Waals surface area contributed by atoms with Crippen molar-refractivity contribution < 1.29 is 9.53 Å². The van der Waals surface area contributed by atoms with E-state index in [2.05, 4.69) is 36.1 Å². The number of fused-ring (bicyclic) bond motifs is 2. The fourth-order valence-corrected chi connectivity index (χ4v) is 3.44. The summed E-state index contributed by atoms with van der Waals surface area (Å²) in [7, 11) is 1.48. The molecule has 3 nitrogen and oxygen atoms in total. The molecule has 0 radical (unpaired) electrons. The van der Waals surface area contributed by atoms with Crippen LogP contribution in [0.15, 0.2) is 42.5 Å². The normalized spacial score (nSPS) is 30.5. The van der Waals surface area contributed by atoms with Gasteiger partial charge in [-0.15, -0.1) is 0 Å². The highest BCUT2D eigenvalue weighted by Gasteiger charge is 2.48. The number of rotatable bonds is 3. The molecule has 1 heterocycles. The summed E-state index contributed by atoms with van der Waals surface area (Å²) in [6, 6.07) is 10.8. The molecule has 0 unspecified atom stereocenters. The van der Waals surface area contributed by atoms with Crippen LogP contribution < -0.4 is 0 Å². The number of benzene rings is 1. The molecule has 1 fully saturated rings. The van der Waals surface area contributed by atoms with Gasteiger partial charge >= 0.3 is 5.97 Å². The maximum absolute atomic E-state index is 12.1. The van der Waals surface area contributed by atoms with E-state index in [-0.39, 0.29) is 18.1 Å². The Kier molecular flexibility index (Phi) is 3.15. The number of ether oxygens (including phenoxy) is 1. The molecule has 1 aromatic carbocycles. The van der Waals surface area contributed by atoms with E-state index in [1.807, 2.05) is 18.2 Å². The fourth-order valence-electron chi connectivity index (χ4n) is 3.44. The zero-order valence-electron chi connectivity index (χ0n) is 11.3. The Balaban J connectivity index is 1.90. The molecule has 1 aromatic rings. The van der Waals surface area contributed by atoms with Crippen LogP contribution in [0.1, 0.15) is 24.9 Å². The lowest BCUT2D eigenvalue weighted by Gasteiger charge is -2.35. The average Bonchev–Trinajstić information content (AvgIpc) is 3.07. The van der Waals surface area contributed by atoms with Gasteiger partial charge in [0.25, 0.3) is 0 Å². The number of esters is 1. The number of likely N-dealkylation sites (tertiary alicyclic amines) is 1. The molecule has 0 saturated carbocycles. The highest BCUT2D eigenvalue weighted by atomic mass is 16.5. The summed E-state index contributed by atoms with van der Waals surface area (Å²) in [5.41, 5.74) is 1.25. The largest absolute Gasteiger partial charge is 0.468 e. The summed E-state index contributed by atoms with van der Waals surface area (Å²) in [5.74, 6) is 0.197. The Hall–Kier alpha value is -1.61. The van der Waals surface area contributed by atoms with Gasteiger partial charge in [0.2, 0.25) is 0 Å². The third-order valence-corrected chi connectivity index (χ3v) is 4.38. The zero-order chi connectivity index (χ0) is 13.4. The van der Waals surface area contributed by atoms with Crippen LogP contribution in [0.25, 0.3) is 0 Å². The molecule has 2 aliphatic rings. The second-order valence-corrected chi connectivity index (χ2v) is 5.35. The van der Waals surface area contributed by atoms with Crippen molar-refractivity contribution in [3.05, 3.63) is 48.0 Å². The summed E-state index contributed by atoms with van der Waals surface area (Å²) in [6.07, 6.45) is 5.43. The van der Waals surface area contributed by atoms with Gasteiger partial charge in [0.1, 0.15) is 6.04 Å². The predicted molar refractivity (Wildman–Crippen MR) is 73.5 cm³/mol. The maximum atomic E-state index is 12.1. The first kappa shape index (κ1) is 12.4. The van der Waals surface area contributed by atoms with Crippen LogP contribution in [-0.4, -0.2) is 30.1 Å². The Bertz CT molecular complexity index is 497. The number of nitrogens with zero attached hydrogens (tertiary/aromatic N) is 1. The van der Waals surface area contributed by atoms with Crippen molar-refractivity contribution in [1.82, 2.24) is 4.90 Å². The van der Waals surface area contributed by atoms with Gasteiger partial charge < -0.3 is 4.74 Å². The van der Waals surface area contributed by atoms with Gasteiger partial charge in [-0.1, -0.05) is 42.5 Å². The highest BCUT2D eigenvalue weighted by Crippen LogP contribution is 2.42. The van der Waals surface area contributed by atoms with Gasteiger partial charge in [-0.2, -0.15) is 0 Å². The van der Waals surface area contributed by atoms with Gasteiger partial charge in [-0.3, -0.25) is 9.69 Å². The quantitative estimate of drug-likeness (QED) is 0.615. The van der Waals surface area contributed by atoms with Crippen LogP contribution in [0.5, 0.6) is 0 Å². The van der Waals surface area contributed by atoms with Crippen molar-refractivity contribution in [1.29, 1.82) is 0 Å². The number of hydrogen-bond acceptors (Lipinski definition) is 3. The van der Waals surface area contributed by atoms with Crippen LogP contribution in [0.4, 0.5) is 0 Å². The first-order valence-corrected chi connectivity index (χ1v) is 6.81. The number of carbonyl (C=O) groups is 1. The molecule has 0 amide bonds. The van der Waals surface area contributed by atoms with Crippen molar-refractivity contribution in [3.63, 3.8) is 0 Å². The first-order valence-electron chi connectivity index (χ1n) is 6.81. The molecule has 0 N–H and O–H groups in total. The Morgan fingerprint density at radius 2 is 2.05 bits per heavy atom. The second kappa shape index (κ2) is 4.82. The van der Waals surface area contributed by atoms with Gasteiger partial charge in [0.15, 0.2) is 0 Å². The fraction of sp³-hybridized carbons (Fsp3) is 0.438. The molecule has 0 aromatic heterocycles. The summed E-state index contributed by atoms with van der Waals surface area (Å²) in [4.78, 5) is 14.3. The Morgan fingerprint density at radius 1 is 1.32 bits per heavy atom. The van der Waals surface area contributed by atoms with Crippen LogP contribution >= 0.6 is 0 Å². The summed E-state index contributed by atoms with van der Waals surface area (Å²) in [5, 5.41) is 0. The van der Waals surface area contributed by atoms with E-state index in [0.717, 1.165) is 6.42 Å². The molecule has 0 spiro atoms. The van der Waals surface area contributed by atoms with Crippen LogP contribution in [0, 0.1) is 5.92 Å². The van der Waals surface area contributed by atoms with Crippen molar-refractivity contribution in [2.75, 3.05) is 7.11 Å². The molecular weight excluding hydrogens is 238 g/mol. The molecule has 4 atom stereocenters. The molecule has 1 aliphatic carbocycles. The van der Waals surface area contributed by atoms with Crippen molar-refractivity contribution in [3.8, 4) is 0 Å². The Morgan fingerprint density at radius 3 is 2.74 bits per heavy atom. The van der Waals surface area contributed by atoms with Crippen molar-refractivity contribution in [2.45, 2.75) is 31.5 Å². The van der Waals surface area contributed by atoms with Gasteiger partial charge in [-0.05, 0) is 18.9 Å². The molecule has 3 rings (SSSR count). The topological polar surface area (TPSA) is 29.5 Å². The van der Waals surface area contributed by atoms with E-state index in [1.54, 1.807) is 0 Å². The van der Waals surface area contributed by atoms with E-state index in [4.69, 9.17) is 4.74 Å². The minimum Gasteiger partial charge on any atom is -0.468 e. The number of hydrogen-bond donors (Lipinski definition) is 0. The first-order chi connectivity index (χ1) is 9.22. The van der Waals surface area contributed by atoms with E-state index < -0.39 is 0 Å². The minimum atomic E-state index is -0.129. The van der Waals surface area contributed by atoms with Crippen molar-refractivity contribution >= 4 is 5.97 Å². The predicted octanol–water partition coefficient (Wildman–Crippen LogP) is 2.55. The van der Waals surface area contributed by atoms with Gasteiger partial charge in [0.05, 0.1) is 7.11 Å².